The Balaban J connectivity index is 0.000000265. The normalized spacial score (nSPS) is 10.9. The van der Waals surface area contributed by atoms with Crippen LogP contribution in [-0.2, 0) is 0 Å². The van der Waals surface area contributed by atoms with E-state index in [1.807, 2.05) is 0 Å². The molecule has 0 saturated heterocycles. The monoisotopic (exact) mass is 1370 g/mol. The molecule has 0 fully saturated rings. The summed E-state index contributed by atoms with van der Waals surface area (Å²) in [5.41, 5.74) is 78.1. The fraction of sp³-hybridized carbons (Fsp3) is 0.471. The molecule has 9 aromatic rings. The van der Waals surface area contributed by atoms with Crippen molar-refractivity contribution in [1.29, 1.82) is 0 Å². The fourth-order valence-corrected chi connectivity index (χ4v) is 16.3. The number of hydrogen-bond acceptors (Lipinski definition) is 0. The van der Waals surface area contributed by atoms with E-state index >= 15 is 0 Å². The summed E-state index contributed by atoms with van der Waals surface area (Å²) in [7, 11) is 0. The molecule has 0 atom stereocenters. The van der Waals surface area contributed by atoms with Crippen LogP contribution in [0.5, 0.6) is 0 Å². The molecule has 0 saturated carbocycles. The molecule has 9 rings (SSSR count). The van der Waals surface area contributed by atoms with E-state index in [9.17, 15) is 0 Å². The minimum atomic E-state index is 1.44. The van der Waals surface area contributed by atoms with Crippen molar-refractivity contribution in [3.05, 3.63) is 267 Å². The lowest BCUT2D eigenvalue weighted by molar-refractivity contribution is 1.13. The Morgan fingerprint density at radius 1 is 0.0490 bits per heavy atom. The lowest BCUT2D eigenvalue weighted by atomic mass is 9.80. The second kappa shape index (κ2) is 33.8. The summed E-state index contributed by atoms with van der Waals surface area (Å²) in [6.07, 6.45) is 0. The first-order valence-corrected chi connectivity index (χ1v) is 38.2. The molecule has 0 N–H and O–H groups in total. The van der Waals surface area contributed by atoms with Crippen molar-refractivity contribution in [3.8, 4) is 33.4 Å². The maximum atomic E-state index is 2.29. The molecule has 0 heterocycles. The maximum absolute atomic E-state index is 2.29. The molecule has 0 radical (unpaired) electrons. The van der Waals surface area contributed by atoms with Crippen LogP contribution in [0.4, 0.5) is 0 Å². The smallest absolute Gasteiger partial charge is 0.0114 e. The van der Waals surface area contributed by atoms with Gasteiger partial charge in [0.2, 0.25) is 0 Å². The molecule has 0 aliphatic carbocycles. The summed E-state index contributed by atoms with van der Waals surface area (Å²) >= 11 is 0. The third kappa shape index (κ3) is 16.1. The minimum Gasteiger partial charge on any atom is -0.0447 e. The molecule has 0 aliphatic heterocycles. The van der Waals surface area contributed by atoms with E-state index in [4.69, 9.17) is 0 Å². The van der Waals surface area contributed by atoms with E-state index in [1.54, 1.807) is 0 Å². The van der Waals surface area contributed by atoms with Gasteiger partial charge in [-0.05, 0) is 633 Å². The molecule has 0 nitrogen and oxygen atoms in total. The first-order valence-electron chi connectivity index (χ1n) is 38.2. The van der Waals surface area contributed by atoms with Gasteiger partial charge in [-0.1, -0.05) is 0 Å². The standard InChI is InChI=1S/3C22H30.3C12H18/c3*1-11-13(3)17(7)21(18(8)14(11)4)22-19(9)15(5)12(2)16(6)20(22)10;3*1-7-8(2)10(4)12(6)11(5)9(7)3/h3*1-10H3;3*1-6H3. The van der Waals surface area contributed by atoms with Crippen LogP contribution in [-0.4, -0.2) is 0 Å². The zero-order valence-corrected chi connectivity index (χ0v) is 75.0. The highest BCUT2D eigenvalue weighted by Crippen LogP contribution is 2.44. The lowest BCUT2D eigenvalue weighted by Crippen LogP contribution is -2.05. The van der Waals surface area contributed by atoms with Crippen LogP contribution in [0.3, 0.4) is 0 Å². The van der Waals surface area contributed by atoms with E-state index < -0.39 is 0 Å². The van der Waals surface area contributed by atoms with Gasteiger partial charge < -0.3 is 0 Å². The Hall–Kier alpha value is -7.02. The summed E-state index contributed by atoms with van der Waals surface area (Å²) in [6.45, 7) is 108. The van der Waals surface area contributed by atoms with E-state index in [0.29, 0.717) is 0 Å². The van der Waals surface area contributed by atoms with Gasteiger partial charge in [0.15, 0.2) is 0 Å². The predicted molar refractivity (Wildman–Crippen MR) is 462 cm³/mol. The molecule has 0 amide bonds. The Labute approximate surface area is 628 Å². The topological polar surface area (TPSA) is 0 Å². The van der Waals surface area contributed by atoms with Crippen LogP contribution in [0.25, 0.3) is 33.4 Å². The lowest BCUT2D eigenvalue weighted by Gasteiger charge is -2.25. The first kappa shape index (κ1) is 87.4. The molecule has 0 spiro atoms. The van der Waals surface area contributed by atoms with E-state index in [2.05, 4.69) is 332 Å². The van der Waals surface area contributed by atoms with Crippen LogP contribution in [0.15, 0.2) is 0 Å². The van der Waals surface area contributed by atoms with Gasteiger partial charge in [0.05, 0.1) is 0 Å². The zero-order chi connectivity index (χ0) is 79.2. The Morgan fingerprint density at radius 2 is 0.0784 bits per heavy atom. The second-order valence-corrected chi connectivity index (χ2v) is 32.2. The molecule has 0 heteroatoms. The third-order valence-electron chi connectivity index (χ3n) is 28.9. The highest BCUT2D eigenvalue weighted by molar-refractivity contribution is 5.84. The average Bonchev–Trinajstić information content (AvgIpc) is 0.759. The molecule has 9 aromatic carbocycles. The summed E-state index contributed by atoms with van der Waals surface area (Å²) in [5, 5.41) is 0. The van der Waals surface area contributed by atoms with Gasteiger partial charge in [0.25, 0.3) is 0 Å². The van der Waals surface area contributed by atoms with Crippen molar-refractivity contribution in [3.63, 3.8) is 0 Å². The van der Waals surface area contributed by atoms with Crippen LogP contribution < -0.4 is 0 Å². The predicted octanol–water partition coefficient (Wildman–Crippen LogP) is 29.9. The summed E-state index contributed by atoms with van der Waals surface area (Å²) < 4.78 is 0. The Morgan fingerprint density at radius 3 is 0.118 bits per heavy atom. The first-order chi connectivity index (χ1) is 46.7. The van der Waals surface area contributed by atoms with Crippen LogP contribution >= 0.6 is 0 Å². The van der Waals surface area contributed by atoms with Gasteiger partial charge in [0, 0.05) is 0 Å². The van der Waals surface area contributed by atoms with Crippen molar-refractivity contribution in [1.82, 2.24) is 0 Å². The van der Waals surface area contributed by atoms with Crippen molar-refractivity contribution in [2.45, 2.75) is 332 Å². The van der Waals surface area contributed by atoms with Gasteiger partial charge in [-0.25, -0.2) is 0 Å². The van der Waals surface area contributed by atoms with Crippen LogP contribution in [0.2, 0.25) is 0 Å². The quantitative estimate of drug-likeness (QED) is 0.165. The second-order valence-electron chi connectivity index (χ2n) is 32.2. The zero-order valence-electron chi connectivity index (χ0n) is 75.0. The maximum Gasteiger partial charge on any atom is -0.0114 e. The molecule has 0 aromatic heterocycles. The van der Waals surface area contributed by atoms with Crippen molar-refractivity contribution >= 4 is 0 Å². The Bertz CT molecular complexity index is 3630. The van der Waals surface area contributed by atoms with Crippen LogP contribution in [0, 0.1) is 332 Å². The van der Waals surface area contributed by atoms with Gasteiger partial charge in [-0.3, -0.25) is 0 Å². The molecular formula is C102H144. The molecule has 552 valence electrons. The highest BCUT2D eigenvalue weighted by Gasteiger charge is 2.24. The molecule has 102 heavy (non-hydrogen) atoms. The molecular weight excluding hydrogens is 1230 g/mol. The van der Waals surface area contributed by atoms with E-state index in [-0.39, 0.29) is 0 Å². The minimum absolute atomic E-state index is 1.44. The average molecular weight is 1370 g/mol. The summed E-state index contributed by atoms with van der Waals surface area (Å²) in [5.74, 6) is 0. The van der Waals surface area contributed by atoms with Gasteiger partial charge in [-0.15, -0.1) is 0 Å². The summed E-state index contributed by atoms with van der Waals surface area (Å²) in [4.78, 5) is 0. The van der Waals surface area contributed by atoms with Gasteiger partial charge >= 0.3 is 0 Å². The van der Waals surface area contributed by atoms with E-state index in [0.717, 1.165) is 0 Å². The van der Waals surface area contributed by atoms with Gasteiger partial charge in [0.1, 0.15) is 0 Å². The van der Waals surface area contributed by atoms with Gasteiger partial charge in [-0.2, -0.15) is 0 Å². The SMILES string of the molecule is Cc1c(C)c(C)c(-c2c(C)c(C)c(C)c(C)c2C)c(C)c1C.Cc1c(C)c(C)c(-c2c(C)c(C)c(C)c(C)c2C)c(C)c1C.Cc1c(C)c(C)c(-c2c(C)c(C)c(C)c(C)c2C)c(C)c1C.Cc1c(C)c(C)c(C)c(C)c1C.Cc1c(C)c(C)c(C)c(C)c1C.Cc1c(C)c(C)c(C)c(C)c1C. The highest BCUT2D eigenvalue weighted by atomic mass is 14.3. The molecule has 0 unspecified atom stereocenters. The Kier molecular flexibility index (Phi) is 29.0. The third-order valence-corrected chi connectivity index (χ3v) is 28.9. The largest absolute Gasteiger partial charge is 0.0447 e. The van der Waals surface area contributed by atoms with Crippen molar-refractivity contribution < 1.29 is 0 Å². The number of hydrogen-bond donors (Lipinski definition) is 0. The van der Waals surface area contributed by atoms with E-state index in [1.165, 1.54) is 300 Å². The van der Waals surface area contributed by atoms with Crippen molar-refractivity contribution in [2.75, 3.05) is 0 Å². The number of rotatable bonds is 3. The summed E-state index contributed by atoms with van der Waals surface area (Å²) in [6, 6.07) is 0. The van der Waals surface area contributed by atoms with Crippen LogP contribution in [0.1, 0.15) is 267 Å². The fourth-order valence-electron chi connectivity index (χ4n) is 16.3. The van der Waals surface area contributed by atoms with Crippen molar-refractivity contribution in [2.24, 2.45) is 0 Å². The molecule has 0 bridgehead atoms. The number of benzene rings is 9. The molecule has 0 aliphatic rings.